The summed E-state index contributed by atoms with van der Waals surface area (Å²) >= 11 is 0. The van der Waals surface area contributed by atoms with Crippen LogP contribution in [0.25, 0.3) is 0 Å². The fourth-order valence-corrected chi connectivity index (χ4v) is 1.58. The van der Waals surface area contributed by atoms with Gasteiger partial charge in [-0.15, -0.1) is 0 Å². The van der Waals surface area contributed by atoms with Crippen LogP contribution in [0.1, 0.15) is 0 Å². The molecule has 2 N–H and O–H groups in total. The van der Waals surface area contributed by atoms with Crippen LogP contribution in [0.2, 0.25) is 0 Å². The van der Waals surface area contributed by atoms with Gasteiger partial charge in [0, 0.05) is 25.5 Å². The van der Waals surface area contributed by atoms with E-state index in [9.17, 15) is 9.59 Å². The van der Waals surface area contributed by atoms with Crippen molar-refractivity contribution < 1.29 is 9.59 Å². The molecule has 0 atom stereocenters. The molecule has 0 saturated carbocycles. The van der Waals surface area contributed by atoms with Crippen LogP contribution in [0.4, 0.5) is 5.82 Å². The Bertz CT molecular complexity index is 408. The molecular weight excluding hydrogens is 222 g/mol. The summed E-state index contributed by atoms with van der Waals surface area (Å²) in [5.74, 6) is 0.169. The number of rotatable bonds is 3. The zero-order chi connectivity index (χ0) is 12.1. The Balaban J connectivity index is 1.83. The minimum Gasteiger partial charge on any atom is -0.354 e. The molecule has 17 heavy (non-hydrogen) atoms. The van der Waals surface area contributed by atoms with Crippen molar-refractivity contribution in [3.63, 3.8) is 0 Å². The normalized spacial score (nSPS) is 16.4. The van der Waals surface area contributed by atoms with Crippen molar-refractivity contribution in [1.82, 2.24) is 20.2 Å². The van der Waals surface area contributed by atoms with Gasteiger partial charge in [0.2, 0.25) is 11.8 Å². The first-order valence-electron chi connectivity index (χ1n) is 5.29. The number of anilines is 1. The molecule has 1 aliphatic heterocycles. The molecule has 7 heteroatoms. The van der Waals surface area contributed by atoms with E-state index >= 15 is 0 Å². The number of piperazine rings is 1. The quantitative estimate of drug-likeness (QED) is 0.690. The van der Waals surface area contributed by atoms with Crippen LogP contribution in [-0.2, 0) is 9.59 Å². The van der Waals surface area contributed by atoms with Crippen LogP contribution in [0, 0.1) is 0 Å². The van der Waals surface area contributed by atoms with Crippen LogP contribution >= 0.6 is 0 Å². The highest BCUT2D eigenvalue weighted by molar-refractivity contribution is 5.91. The Kier molecular flexibility index (Phi) is 3.61. The van der Waals surface area contributed by atoms with E-state index in [4.69, 9.17) is 0 Å². The first-order chi connectivity index (χ1) is 8.24. The predicted octanol–water partition coefficient (Wildman–Crippen LogP) is -1.15. The molecule has 0 aromatic carbocycles. The zero-order valence-corrected chi connectivity index (χ0v) is 9.22. The number of hydrogen-bond donors (Lipinski definition) is 2. The van der Waals surface area contributed by atoms with E-state index in [1.807, 2.05) is 0 Å². The van der Waals surface area contributed by atoms with Crippen molar-refractivity contribution in [1.29, 1.82) is 0 Å². The standard InChI is InChI=1S/C10H13N5O2/c16-9-6-15(4-3-13-9)7-10(17)14-8-5-11-1-2-12-8/h1-2,5H,3-4,6-7H2,(H,13,16)(H,12,14,17). The van der Waals surface area contributed by atoms with Crippen LogP contribution in [0.15, 0.2) is 18.6 Å². The molecule has 2 amide bonds. The highest BCUT2D eigenvalue weighted by Crippen LogP contribution is 1.99. The molecule has 1 fully saturated rings. The van der Waals surface area contributed by atoms with Gasteiger partial charge in [-0.05, 0) is 0 Å². The van der Waals surface area contributed by atoms with Crippen LogP contribution in [0.5, 0.6) is 0 Å². The van der Waals surface area contributed by atoms with E-state index in [-0.39, 0.29) is 24.9 Å². The number of carbonyl (C=O) groups excluding carboxylic acids is 2. The second-order valence-corrected chi connectivity index (χ2v) is 3.70. The molecule has 1 aliphatic rings. The summed E-state index contributed by atoms with van der Waals surface area (Å²) in [7, 11) is 0. The van der Waals surface area contributed by atoms with Crippen LogP contribution < -0.4 is 10.6 Å². The third-order valence-corrected chi connectivity index (χ3v) is 2.32. The summed E-state index contributed by atoms with van der Waals surface area (Å²) < 4.78 is 0. The van der Waals surface area contributed by atoms with Gasteiger partial charge in [0.15, 0.2) is 5.82 Å². The fourth-order valence-electron chi connectivity index (χ4n) is 1.58. The molecule has 0 unspecified atom stereocenters. The Morgan fingerprint density at radius 3 is 3.12 bits per heavy atom. The molecule has 0 radical (unpaired) electrons. The largest absolute Gasteiger partial charge is 0.354 e. The number of amides is 2. The summed E-state index contributed by atoms with van der Waals surface area (Å²) in [6.07, 6.45) is 4.51. The molecule has 7 nitrogen and oxygen atoms in total. The Morgan fingerprint density at radius 1 is 1.53 bits per heavy atom. The first kappa shape index (κ1) is 11.5. The maximum absolute atomic E-state index is 11.6. The smallest absolute Gasteiger partial charge is 0.239 e. The van der Waals surface area contributed by atoms with Crippen molar-refractivity contribution >= 4 is 17.6 Å². The molecule has 1 aromatic heterocycles. The molecule has 0 aliphatic carbocycles. The number of aromatic nitrogens is 2. The number of carbonyl (C=O) groups is 2. The lowest BCUT2D eigenvalue weighted by Gasteiger charge is -2.25. The Hall–Kier alpha value is -2.02. The molecule has 2 rings (SSSR count). The monoisotopic (exact) mass is 235 g/mol. The van der Waals surface area contributed by atoms with Crippen molar-refractivity contribution in [3.8, 4) is 0 Å². The van der Waals surface area contributed by atoms with Gasteiger partial charge in [0.1, 0.15) is 0 Å². The van der Waals surface area contributed by atoms with Crippen molar-refractivity contribution in [3.05, 3.63) is 18.6 Å². The fraction of sp³-hybridized carbons (Fsp3) is 0.400. The van der Waals surface area contributed by atoms with Crippen molar-refractivity contribution in [2.24, 2.45) is 0 Å². The number of nitrogens with one attached hydrogen (secondary N) is 2. The third kappa shape index (κ3) is 3.49. The minimum absolute atomic E-state index is 0.0523. The van der Waals surface area contributed by atoms with E-state index in [2.05, 4.69) is 20.6 Å². The lowest BCUT2D eigenvalue weighted by atomic mass is 10.3. The van der Waals surface area contributed by atoms with Crippen molar-refractivity contribution in [2.75, 3.05) is 31.5 Å². The lowest BCUT2D eigenvalue weighted by Crippen LogP contribution is -2.49. The molecule has 90 valence electrons. The van der Waals surface area contributed by atoms with Gasteiger partial charge >= 0.3 is 0 Å². The average molecular weight is 235 g/mol. The first-order valence-corrected chi connectivity index (χ1v) is 5.29. The van der Waals surface area contributed by atoms with E-state index in [0.717, 1.165) is 0 Å². The molecule has 1 saturated heterocycles. The van der Waals surface area contributed by atoms with Gasteiger partial charge in [-0.25, -0.2) is 4.98 Å². The van der Waals surface area contributed by atoms with Gasteiger partial charge in [0.05, 0.1) is 19.3 Å². The average Bonchev–Trinajstić information content (AvgIpc) is 2.30. The summed E-state index contributed by atoms with van der Waals surface area (Å²) in [4.78, 5) is 32.3. The lowest BCUT2D eigenvalue weighted by molar-refractivity contribution is -0.125. The van der Waals surface area contributed by atoms with Gasteiger partial charge in [-0.2, -0.15) is 0 Å². The number of hydrogen-bond acceptors (Lipinski definition) is 5. The zero-order valence-electron chi connectivity index (χ0n) is 9.22. The summed E-state index contributed by atoms with van der Waals surface area (Å²) in [6, 6.07) is 0. The molecule has 0 spiro atoms. The molecule has 2 heterocycles. The highest BCUT2D eigenvalue weighted by atomic mass is 16.2. The second kappa shape index (κ2) is 5.35. The van der Waals surface area contributed by atoms with Gasteiger partial charge in [-0.1, -0.05) is 0 Å². The molecule has 1 aromatic rings. The SMILES string of the molecule is O=C1CN(CC(=O)Nc2cnccn2)CCN1. The van der Waals surface area contributed by atoms with E-state index < -0.39 is 0 Å². The maximum atomic E-state index is 11.6. The second-order valence-electron chi connectivity index (χ2n) is 3.70. The topological polar surface area (TPSA) is 87.2 Å². The number of nitrogens with zero attached hydrogens (tertiary/aromatic N) is 3. The third-order valence-electron chi connectivity index (χ3n) is 2.32. The van der Waals surface area contributed by atoms with Crippen LogP contribution in [0.3, 0.4) is 0 Å². The van der Waals surface area contributed by atoms with Crippen LogP contribution in [-0.4, -0.2) is 52.9 Å². The summed E-state index contributed by atoms with van der Waals surface area (Å²) in [5.41, 5.74) is 0. The minimum atomic E-state index is -0.194. The summed E-state index contributed by atoms with van der Waals surface area (Å²) in [5, 5.41) is 5.32. The van der Waals surface area contributed by atoms with E-state index in [1.165, 1.54) is 18.6 Å². The van der Waals surface area contributed by atoms with E-state index in [0.29, 0.717) is 18.9 Å². The Labute approximate surface area is 98.2 Å². The predicted molar refractivity (Wildman–Crippen MR) is 60.1 cm³/mol. The maximum Gasteiger partial charge on any atom is 0.239 e. The molecular formula is C10H13N5O2. The Morgan fingerprint density at radius 2 is 2.41 bits per heavy atom. The van der Waals surface area contributed by atoms with Crippen molar-refractivity contribution in [2.45, 2.75) is 0 Å². The van der Waals surface area contributed by atoms with E-state index in [1.54, 1.807) is 4.90 Å². The van der Waals surface area contributed by atoms with Gasteiger partial charge in [0.25, 0.3) is 0 Å². The molecule has 0 bridgehead atoms. The summed E-state index contributed by atoms with van der Waals surface area (Å²) in [6.45, 7) is 1.70. The highest BCUT2D eigenvalue weighted by Gasteiger charge is 2.18. The van der Waals surface area contributed by atoms with Gasteiger partial charge in [-0.3, -0.25) is 19.5 Å². The van der Waals surface area contributed by atoms with Gasteiger partial charge < -0.3 is 10.6 Å².